The Hall–Kier alpha value is -1.81. The maximum atomic E-state index is 12.4. The Labute approximate surface area is 164 Å². The summed E-state index contributed by atoms with van der Waals surface area (Å²) in [6.45, 7) is 6.45. The highest BCUT2D eigenvalue weighted by Crippen LogP contribution is 2.22. The van der Waals surface area contributed by atoms with Gasteiger partial charge in [0.1, 0.15) is 5.75 Å². The summed E-state index contributed by atoms with van der Waals surface area (Å²) in [7, 11) is 0. The molecule has 0 unspecified atom stereocenters. The van der Waals surface area contributed by atoms with Gasteiger partial charge >= 0.3 is 0 Å². The van der Waals surface area contributed by atoms with Gasteiger partial charge in [-0.2, -0.15) is 0 Å². The van der Waals surface area contributed by atoms with Crippen LogP contribution in [0.1, 0.15) is 57.4 Å². The highest BCUT2D eigenvalue weighted by molar-refractivity contribution is 5.78. The zero-order valence-corrected chi connectivity index (χ0v) is 16.7. The van der Waals surface area contributed by atoms with Crippen molar-refractivity contribution in [3.8, 4) is 5.75 Å². The number of rotatable bonds is 8. The second-order valence-corrected chi connectivity index (χ2v) is 7.78. The molecule has 0 bridgehead atoms. The van der Waals surface area contributed by atoms with E-state index >= 15 is 0 Å². The topological polar surface area (TPSA) is 41.6 Å². The Kier molecular flexibility index (Phi) is 7.76. The molecule has 1 saturated heterocycles. The van der Waals surface area contributed by atoms with E-state index in [-0.39, 0.29) is 11.8 Å². The van der Waals surface area contributed by atoms with E-state index in [2.05, 4.69) is 28.4 Å². The fourth-order valence-corrected chi connectivity index (χ4v) is 4.09. The Bertz CT molecular complexity index is 616. The summed E-state index contributed by atoms with van der Waals surface area (Å²) in [4.78, 5) is 14.9. The van der Waals surface area contributed by atoms with Crippen molar-refractivity contribution in [2.75, 3.05) is 26.2 Å². The summed E-state index contributed by atoms with van der Waals surface area (Å²) < 4.78 is 5.50. The predicted molar refractivity (Wildman–Crippen MR) is 110 cm³/mol. The standard InChI is InChI=1S/C23H34N2O2/c1-2-27-22-10-8-20(9-11-22)18-25-16-13-21(14-17-25)23(26)24-15-12-19-6-4-3-5-7-19/h6,8-11,21H,2-5,7,12-18H2,1H3,(H,24,26). The molecule has 1 aliphatic carbocycles. The van der Waals surface area contributed by atoms with Crippen LogP contribution in [0, 0.1) is 5.92 Å². The van der Waals surface area contributed by atoms with E-state index in [1.54, 1.807) is 0 Å². The largest absolute Gasteiger partial charge is 0.494 e. The first-order valence-electron chi connectivity index (χ1n) is 10.6. The third-order valence-corrected chi connectivity index (χ3v) is 5.73. The lowest BCUT2D eigenvalue weighted by molar-refractivity contribution is -0.126. The maximum Gasteiger partial charge on any atom is 0.223 e. The molecule has 0 atom stereocenters. The minimum atomic E-state index is 0.182. The average Bonchev–Trinajstić information content (AvgIpc) is 2.71. The van der Waals surface area contributed by atoms with E-state index in [1.165, 1.54) is 36.8 Å². The van der Waals surface area contributed by atoms with Gasteiger partial charge < -0.3 is 10.1 Å². The molecule has 4 heteroatoms. The van der Waals surface area contributed by atoms with Crippen LogP contribution in [0.5, 0.6) is 5.75 Å². The van der Waals surface area contributed by atoms with E-state index in [0.717, 1.165) is 51.2 Å². The number of likely N-dealkylation sites (tertiary alicyclic amines) is 1. The number of nitrogens with one attached hydrogen (secondary N) is 1. The van der Waals surface area contributed by atoms with E-state index in [9.17, 15) is 4.79 Å². The van der Waals surface area contributed by atoms with Crippen LogP contribution < -0.4 is 10.1 Å². The van der Waals surface area contributed by atoms with Crippen molar-refractivity contribution in [2.24, 2.45) is 5.92 Å². The summed E-state index contributed by atoms with van der Waals surface area (Å²) >= 11 is 0. The lowest BCUT2D eigenvalue weighted by Gasteiger charge is -2.31. The van der Waals surface area contributed by atoms with Gasteiger partial charge in [0.15, 0.2) is 0 Å². The Morgan fingerprint density at radius 2 is 1.96 bits per heavy atom. The minimum Gasteiger partial charge on any atom is -0.494 e. The number of nitrogens with zero attached hydrogens (tertiary/aromatic N) is 1. The van der Waals surface area contributed by atoms with E-state index in [1.807, 2.05) is 19.1 Å². The number of amides is 1. The molecule has 1 heterocycles. The van der Waals surface area contributed by atoms with Crippen LogP contribution >= 0.6 is 0 Å². The number of hydrogen-bond donors (Lipinski definition) is 1. The normalized spacial score (nSPS) is 18.8. The van der Waals surface area contributed by atoms with Gasteiger partial charge in [0.25, 0.3) is 0 Å². The van der Waals surface area contributed by atoms with Gasteiger partial charge in [-0.25, -0.2) is 0 Å². The van der Waals surface area contributed by atoms with Crippen molar-refractivity contribution in [3.05, 3.63) is 41.5 Å². The molecule has 0 radical (unpaired) electrons. The summed E-state index contributed by atoms with van der Waals surface area (Å²) in [5.74, 6) is 1.37. The monoisotopic (exact) mass is 370 g/mol. The Morgan fingerprint density at radius 3 is 2.63 bits per heavy atom. The second kappa shape index (κ2) is 10.5. The highest BCUT2D eigenvalue weighted by atomic mass is 16.5. The SMILES string of the molecule is CCOc1ccc(CN2CCC(C(=O)NCCC3=CCCCC3)CC2)cc1. The summed E-state index contributed by atoms with van der Waals surface area (Å²) in [6, 6.07) is 8.37. The van der Waals surface area contributed by atoms with Gasteiger partial charge in [-0.05, 0) is 82.7 Å². The van der Waals surface area contributed by atoms with Crippen LogP contribution in [0.4, 0.5) is 0 Å². The minimum absolute atomic E-state index is 0.182. The van der Waals surface area contributed by atoms with Crippen molar-refractivity contribution < 1.29 is 9.53 Å². The van der Waals surface area contributed by atoms with Gasteiger partial charge in [0, 0.05) is 19.0 Å². The first kappa shape index (κ1) is 19.9. The molecule has 0 spiro atoms. The fraction of sp³-hybridized carbons (Fsp3) is 0.609. The molecule has 27 heavy (non-hydrogen) atoms. The van der Waals surface area contributed by atoms with Gasteiger partial charge in [0.05, 0.1) is 6.61 Å². The number of carbonyl (C=O) groups excluding carboxylic acids is 1. The molecular formula is C23H34N2O2. The van der Waals surface area contributed by atoms with Crippen LogP contribution in [-0.2, 0) is 11.3 Å². The van der Waals surface area contributed by atoms with Crippen LogP contribution in [0.2, 0.25) is 0 Å². The lowest BCUT2D eigenvalue weighted by Crippen LogP contribution is -2.40. The molecule has 1 fully saturated rings. The zero-order valence-electron chi connectivity index (χ0n) is 16.7. The summed E-state index contributed by atoms with van der Waals surface area (Å²) in [5.41, 5.74) is 2.84. The van der Waals surface area contributed by atoms with E-state index in [4.69, 9.17) is 4.74 Å². The molecule has 2 aliphatic rings. The summed E-state index contributed by atoms with van der Waals surface area (Å²) in [6.07, 6.45) is 10.4. The molecule has 1 amide bonds. The zero-order chi connectivity index (χ0) is 18.9. The average molecular weight is 371 g/mol. The molecule has 1 N–H and O–H groups in total. The van der Waals surface area contributed by atoms with Crippen LogP contribution in [0.15, 0.2) is 35.9 Å². The molecule has 1 aromatic carbocycles. The molecule has 1 aliphatic heterocycles. The van der Waals surface area contributed by atoms with Crippen LogP contribution in [-0.4, -0.2) is 37.0 Å². The number of allylic oxidation sites excluding steroid dienone is 1. The van der Waals surface area contributed by atoms with Gasteiger partial charge in [-0.3, -0.25) is 9.69 Å². The van der Waals surface area contributed by atoms with Crippen LogP contribution in [0.3, 0.4) is 0 Å². The van der Waals surface area contributed by atoms with Gasteiger partial charge in [-0.15, -0.1) is 0 Å². The second-order valence-electron chi connectivity index (χ2n) is 7.78. The number of carbonyl (C=O) groups is 1. The number of hydrogen-bond acceptors (Lipinski definition) is 3. The molecule has 0 saturated carbocycles. The van der Waals surface area contributed by atoms with Crippen molar-refractivity contribution in [1.82, 2.24) is 10.2 Å². The van der Waals surface area contributed by atoms with Crippen molar-refractivity contribution in [3.63, 3.8) is 0 Å². The Morgan fingerprint density at radius 1 is 1.19 bits per heavy atom. The van der Waals surface area contributed by atoms with Crippen molar-refractivity contribution in [2.45, 2.75) is 58.4 Å². The molecular weight excluding hydrogens is 336 g/mol. The smallest absolute Gasteiger partial charge is 0.223 e. The molecule has 3 rings (SSSR count). The number of piperidine rings is 1. The predicted octanol–water partition coefficient (Wildman–Crippen LogP) is 4.30. The first-order chi connectivity index (χ1) is 13.2. The van der Waals surface area contributed by atoms with Gasteiger partial charge in [-0.1, -0.05) is 23.8 Å². The van der Waals surface area contributed by atoms with Gasteiger partial charge in [0.2, 0.25) is 5.91 Å². The third-order valence-electron chi connectivity index (χ3n) is 5.73. The molecule has 0 aromatic heterocycles. The van der Waals surface area contributed by atoms with Crippen LogP contribution in [0.25, 0.3) is 0 Å². The summed E-state index contributed by atoms with van der Waals surface area (Å²) in [5, 5.41) is 3.17. The van der Waals surface area contributed by atoms with Crippen molar-refractivity contribution >= 4 is 5.91 Å². The van der Waals surface area contributed by atoms with E-state index < -0.39 is 0 Å². The number of benzene rings is 1. The third kappa shape index (κ3) is 6.39. The molecule has 1 aromatic rings. The molecule has 148 valence electrons. The highest BCUT2D eigenvalue weighted by Gasteiger charge is 2.24. The number of ether oxygens (including phenoxy) is 1. The lowest BCUT2D eigenvalue weighted by atomic mass is 9.95. The van der Waals surface area contributed by atoms with E-state index in [0.29, 0.717) is 6.61 Å². The molecule has 4 nitrogen and oxygen atoms in total. The Balaban J connectivity index is 1.35. The first-order valence-corrected chi connectivity index (χ1v) is 10.6. The maximum absolute atomic E-state index is 12.4. The fourth-order valence-electron chi connectivity index (χ4n) is 4.09. The van der Waals surface area contributed by atoms with Crippen molar-refractivity contribution in [1.29, 1.82) is 0 Å². The quantitative estimate of drug-likeness (QED) is 0.694.